The van der Waals surface area contributed by atoms with Gasteiger partial charge in [0.15, 0.2) is 11.4 Å². The monoisotopic (exact) mass is 383 g/mol. The van der Waals surface area contributed by atoms with Gasteiger partial charge in [-0.1, -0.05) is 24.3 Å². The van der Waals surface area contributed by atoms with Crippen molar-refractivity contribution in [1.29, 1.82) is 0 Å². The minimum absolute atomic E-state index is 0.269. The molecule has 1 fully saturated rings. The number of nitrogen functional groups attached to an aromatic ring is 1. The van der Waals surface area contributed by atoms with E-state index in [1.807, 2.05) is 6.92 Å². The number of rotatable bonds is 4. The Balaban J connectivity index is 1.45. The number of carboxylic acid groups (broad SMARTS) is 1. The van der Waals surface area contributed by atoms with Crippen molar-refractivity contribution in [3.63, 3.8) is 0 Å². The molecule has 2 aliphatic rings. The molecule has 2 aromatic rings. The van der Waals surface area contributed by atoms with E-state index in [1.54, 1.807) is 0 Å². The molecule has 2 heterocycles. The van der Waals surface area contributed by atoms with Crippen LogP contribution in [-0.2, 0) is 10.4 Å². The van der Waals surface area contributed by atoms with Gasteiger partial charge in [-0.25, -0.2) is 4.98 Å². The highest BCUT2D eigenvalue weighted by atomic mass is 16.6. The van der Waals surface area contributed by atoms with Crippen LogP contribution in [0.25, 0.3) is 0 Å². The zero-order chi connectivity index (χ0) is 19.7. The highest BCUT2D eigenvalue weighted by molar-refractivity contribution is 5.67. The molecule has 0 amide bonds. The molecule has 0 spiro atoms. The van der Waals surface area contributed by atoms with Gasteiger partial charge >= 0.3 is 5.97 Å². The van der Waals surface area contributed by atoms with Crippen molar-refractivity contribution in [3.8, 4) is 11.6 Å². The maximum absolute atomic E-state index is 10.9. The van der Waals surface area contributed by atoms with Crippen molar-refractivity contribution in [2.24, 2.45) is 5.92 Å². The summed E-state index contributed by atoms with van der Waals surface area (Å²) in [5.74, 6) is 1.14. The molecule has 3 N–H and O–H groups in total. The summed E-state index contributed by atoms with van der Waals surface area (Å²) in [4.78, 5) is 18.9. The molecule has 148 valence electrons. The number of nitrogens with two attached hydrogens (primary N) is 1. The zero-order valence-corrected chi connectivity index (χ0v) is 15.9. The number of nitrogens with zero attached hydrogens (tertiary/aromatic N) is 2. The van der Waals surface area contributed by atoms with Gasteiger partial charge in [-0.2, -0.15) is 4.98 Å². The normalized spacial score (nSPS) is 26.6. The predicted molar refractivity (Wildman–Crippen MR) is 103 cm³/mol. The molecular weight excluding hydrogens is 358 g/mol. The first-order chi connectivity index (χ1) is 13.4. The van der Waals surface area contributed by atoms with E-state index in [9.17, 15) is 4.79 Å². The molecule has 1 unspecified atom stereocenters. The third-order valence-electron chi connectivity index (χ3n) is 5.91. The van der Waals surface area contributed by atoms with Gasteiger partial charge in [-0.3, -0.25) is 4.79 Å². The van der Waals surface area contributed by atoms with Crippen LogP contribution in [0.3, 0.4) is 0 Å². The van der Waals surface area contributed by atoms with Gasteiger partial charge in [0.25, 0.3) is 5.88 Å². The van der Waals surface area contributed by atoms with Crippen molar-refractivity contribution in [3.05, 3.63) is 41.7 Å². The quantitative estimate of drug-likeness (QED) is 0.832. The topological polar surface area (TPSA) is 108 Å². The van der Waals surface area contributed by atoms with Gasteiger partial charge < -0.3 is 20.3 Å². The number of ether oxygens (including phenoxy) is 2. The van der Waals surface area contributed by atoms with Crippen LogP contribution in [0.2, 0.25) is 0 Å². The second-order valence-corrected chi connectivity index (χ2v) is 7.95. The van der Waals surface area contributed by atoms with E-state index in [0.717, 1.165) is 31.2 Å². The van der Waals surface area contributed by atoms with Crippen molar-refractivity contribution in [1.82, 2.24) is 9.97 Å². The Hall–Kier alpha value is -2.83. The largest absolute Gasteiger partial charge is 0.481 e. The Morgan fingerprint density at radius 2 is 1.93 bits per heavy atom. The van der Waals surface area contributed by atoms with Crippen LogP contribution >= 0.6 is 0 Å². The number of carbonyl (C=O) groups is 1. The molecule has 1 aliphatic heterocycles. The average molecular weight is 383 g/mol. The third-order valence-corrected chi connectivity index (χ3v) is 5.91. The fraction of sp³-hybridized carbons (Fsp3) is 0.476. The zero-order valence-electron chi connectivity index (χ0n) is 15.9. The summed E-state index contributed by atoms with van der Waals surface area (Å²) in [6, 6.07) is 8.44. The molecule has 28 heavy (non-hydrogen) atoms. The van der Waals surface area contributed by atoms with E-state index in [4.69, 9.17) is 20.3 Å². The summed E-state index contributed by atoms with van der Waals surface area (Å²) in [6.07, 6.45) is 5.67. The van der Waals surface area contributed by atoms with E-state index in [-0.39, 0.29) is 12.2 Å². The first-order valence-electron chi connectivity index (χ1n) is 9.69. The fourth-order valence-electron chi connectivity index (χ4n) is 4.23. The van der Waals surface area contributed by atoms with E-state index in [0.29, 0.717) is 30.1 Å². The van der Waals surface area contributed by atoms with Crippen LogP contribution in [-0.4, -0.2) is 27.7 Å². The minimum atomic E-state index is -0.691. The van der Waals surface area contributed by atoms with Crippen molar-refractivity contribution < 1.29 is 19.4 Å². The average Bonchev–Trinajstić information content (AvgIpc) is 2.69. The molecule has 1 saturated carbocycles. The highest BCUT2D eigenvalue weighted by Crippen LogP contribution is 2.42. The Kier molecular flexibility index (Phi) is 4.83. The van der Waals surface area contributed by atoms with Crippen LogP contribution in [0.15, 0.2) is 30.6 Å². The lowest BCUT2D eigenvalue weighted by molar-refractivity contribution is -0.138. The SMILES string of the molecule is CC1(c2ccc(C3CCC(CC(=O)O)CC3)cc2)COc2ncnc(N)c2O1. The Morgan fingerprint density at radius 3 is 2.61 bits per heavy atom. The van der Waals surface area contributed by atoms with Crippen molar-refractivity contribution in [2.75, 3.05) is 12.3 Å². The number of carboxylic acids is 1. The van der Waals surface area contributed by atoms with Gasteiger partial charge in [0.05, 0.1) is 0 Å². The number of fused-ring (bicyclic) bond motifs is 1. The summed E-state index contributed by atoms with van der Waals surface area (Å²) in [6.45, 7) is 2.31. The van der Waals surface area contributed by atoms with Crippen molar-refractivity contribution in [2.45, 2.75) is 50.5 Å². The van der Waals surface area contributed by atoms with Crippen LogP contribution in [0, 0.1) is 5.92 Å². The Labute approximate surface area is 163 Å². The number of hydrogen-bond donors (Lipinski definition) is 2. The number of aliphatic carboxylic acids is 1. The van der Waals surface area contributed by atoms with Gasteiger partial charge in [-0.15, -0.1) is 0 Å². The van der Waals surface area contributed by atoms with Gasteiger partial charge in [0.1, 0.15) is 12.9 Å². The molecule has 4 rings (SSSR count). The maximum Gasteiger partial charge on any atom is 0.303 e. The molecule has 0 bridgehead atoms. The van der Waals surface area contributed by atoms with E-state index in [1.165, 1.54) is 11.9 Å². The fourth-order valence-corrected chi connectivity index (χ4v) is 4.23. The molecule has 0 saturated heterocycles. The minimum Gasteiger partial charge on any atom is -0.481 e. The first-order valence-corrected chi connectivity index (χ1v) is 9.69. The van der Waals surface area contributed by atoms with Gasteiger partial charge in [0, 0.05) is 6.42 Å². The van der Waals surface area contributed by atoms with E-state index < -0.39 is 11.6 Å². The molecule has 7 heteroatoms. The summed E-state index contributed by atoms with van der Waals surface area (Å²) >= 11 is 0. The third kappa shape index (κ3) is 3.61. The lowest BCUT2D eigenvalue weighted by Crippen LogP contribution is -2.40. The molecule has 1 aromatic heterocycles. The molecular formula is C21H25N3O4. The highest BCUT2D eigenvalue weighted by Gasteiger charge is 2.37. The number of anilines is 1. The lowest BCUT2D eigenvalue weighted by atomic mass is 9.77. The molecule has 7 nitrogen and oxygen atoms in total. The second kappa shape index (κ2) is 7.30. The summed E-state index contributed by atoms with van der Waals surface area (Å²) < 4.78 is 11.9. The number of aromatic nitrogens is 2. The van der Waals surface area contributed by atoms with Crippen LogP contribution in [0.5, 0.6) is 11.6 Å². The van der Waals surface area contributed by atoms with Gasteiger partial charge in [0.2, 0.25) is 5.75 Å². The van der Waals surface area contributed by atoms with Crippen LogP contribution in [0.1, 0.15) is 56.1 Å². The molecule has 1 aliphatic carbocycles. The molecule has 1 aromatic carbocycles. The smallest absolute Gasteiger partial charge is 0.303 e. The summed E-state index contributed by atoms with van der Waals surface area (Å²) in [5.41, 5.74) is 7.54. The van der Waals surface area contributed by atoms with Crippen molar-refractivity contribution >= 4 is 11.8 Å². The lowest BCUT2D eigenvalue weighted by Gasteiger charge is -2.35. The Morgan fingerprint density at radius 1 is 1.21 bits per heavy atom. The standard InChI is InChI=1S/C21H25N3O4/c1-21(11-27-20-18(28-21)19(22)23-12-24-20)16-8-6-15(7-9-16)14-4-2-13(3-5-14)10-17(25)26/h6-9,12-14H,2-5,10-11H2,1H3,(H,25,26)(H2,22,23,24). The van der Waals surface area contributed by atoms with Crippen LogP contribution < -0.4 is 15.2 Å². The predicted octanol–water partition coefficient (Wildman–Crippen LogP) is 3.49. The van der Waals surface area contributed by atoms with Gasteiger partial charge in [-0.05, 0) is 55.6 Å². The summed E-state index contributed by atoms with van der Waals surface area (Å²) in [5, 5.41) is 8.97. The number of benzene rings is 1. The number of hydrogen-bond acceptors (Lipinski definition) is 6. The Bertz CT molecular complexity index is 862. The molecule has 0 radical (unpaired) electrons. The maximum atomic E-state index is 10.9. The van der Waals surface area contributed by atoms with E-state index in [2.05, 4.69) is 34.2 Å². The summed E-state index contributed by atoms with van der Waals surface area (Å²) in [7, 11) is 0. The first kappa shape index (κ1) is 18.5. The second-order valence-electron chi connectivity index (χ2n) is 7.95. The van der Waals surface area contributed by atoms with E-state index >= 15 is 0 Å². The molecule has 1 atom stereocenters. The van der Waals surface area contributed by atoms with Crippen LogP contribution in [0.4, 0.5) is 5.82 Å².